The molecule has 1 atom stereocenters. The first-order chi connectivity index (χ1) is 8.57. The molecular weight excluding hydrogens is 224 g/mol. The number of benzene rings is 1. The van der Waals surface area contributed by atoms with E-state index in [-0.39, 0.29) is 0 Å². The Hall–Kier alpha value is -0.900. The van der Waals surface area contributed by atoms with Crippen molar-refractivity contribution in [2.75, 3.05) is 33.7 Å². The number of hydrogen-bond donors (Lipinski definition) is 1. The Morgan fingerprint density at radius 1 is 1.33 bits per heavy atom. The molecule has 2 rings (SSSR count). The maximum Gasteiger partial charge on any atom is 0.0900 e. The first-order valence-electron chi connectivity index (χ1n) is 6.71. The summed E-state index contributed by atoms with van der Waals surface area (Å²) < 4.78 is 0. The van der Waals surface area contributed by atoms with E-state index in [4.69, 9.17) is 0 Å². The van der Waals surface area contributed by atoms with Crippen LogP contribution in [0.4, 0.5) is 0 Å². The highest BCUT2D eigenvalue weighted by Gasteiger charge is 2.32. The number of likely N-dealkylation sites (tertiary alicyclic amines) is 1. The van der Waals surface area contributed by atoms with Crippen molar-refractivity contribution in [3.05, 3.63) is 35.9 Å². The van der Waals surface area contributed by atoms with Gasteiger partial charge in [0.15, 0.2) is 0 Å². The molecule has 1 N–H and O–H groups in total. The van der Waals surface area contributed by atoms with E-state index in [1.54, 1.807) is 0 Å². The Kier molecular flexibility index (Phi) is 4.38. The quantitative estimate of drug-likeness (QED) is 0.876. The van der Waals surface area contributed by atoms with Gasteiger partial charge in [-0.1, -0.05) is 30.3 Å². The van der Waals surface area contributed by atoms with Crippen LogP contribution in [0.1, 0.15) is 18.4 Å². The number of rotatable bonds is 4. The summed E-state index contributed by atoms with van der Waals surface area (Å²) in [4.78, 5) is 4.44. The minimum absolute atomic E-state index is 0.545. The Morgan fingerprint density at radius 2 is 2.06 bits per heavy atom. The lowest BCUT2D eigenvalue weighted by molar-refractivity contribution is -0.0441. The second-order valence-electron chi connectivity index (χ2n) is 5.72. The number of piperidine rings is 1. The third kappa shape index (κ3) is 3.80. The highest BCUT2D eigenvalue weighted by Crippen LogP contribution is 2.21. The molecule has 0 saturated carbocycles. The summed E-state index contributed by atoms with van der Waals surface area (Å²) in [5.74, 6) is 0. The van der Waals surface area contributed by atoms with Crippen molar-refractivity contribution >= 4 is 0 Å². The van der Waals surface area contributed by atoms with Crippen LogP contribution >= 0.6 is 0 Å². The molecular formula is C15H24N2O. The van der Waals surface area contributed by atoms with Gasteiger partial charge in [-0.15, -0.1) is 0 Å². The van der Waals surface area contributed by atoms with E-state index >= 15 is 0 Å². The van der Waals surface area contributed by atoms with E-state index in [2.05, 4.69) is 48.2 Å². The monoisotopic (exact) mass is 248 g/mol. The van der Waals surface area contributed by atoms with E-state index in [0.29, 0.717) is 0 Å². The van der Waals surface area contributed by atoms with Gasteiger partial charge in [-0.05, 0) is 39.0 Å². The summed E-state index contributed by atoms with van der Waals surface area (Å²) in [7, 11) is 4.17. The molecule has 100 valence electrons. The molecule has 1 unspecified atom stereocenters. The maximum atomic E-state index is 10.6. The standard InChI is InChI=1S/C15H24N2O/c1-16-10-6-9-15(18,12-16)13-17(2)11-14-7-4-3-5-8-14/h3-5,7-8,18H,6,9-13H2,1-2H3. The van der Waals surface area contributed by atoms with Gasteiger partial charge in [0, 0.05) is 19.6 Å². The largest absolute Gasteiger partial charge is 0.387 e. The molecule has 0 aromatic heterocycles. The zero-order chi connectivity index (χ0) is 13.0. The second-order valence-corrected chi connectivity index (χ2v) is 5.72. The summed E-state index contributed by atoms with van der Waals surface area (Å²) in [5, 5.41) is 10.6. The van der Waals surface area contributed by atoms with Crippen LogP contribution in [0, 0.1) is 0 Å². The van der Waals surface area contributed by atoms with Crippen LogP contribution in [0.2, 0.25) is 0 Å². The van der Waals surface area contributed by atoms with Crippen molar-refractivity contribution in [3.63, 3.8) is 0 Å². The van der Waals surface area contributed by atoms with Gasteiger partial charge in [-0.3, -0.25) is 4.90 Å². The Balaban J connectivity index is 1.88. The summed E-state index contributed by atoms with van der Waals surface area (Å²) in [6.07, 6.45) is 2.00. The average Bonchev–Trinajstić information content (AvgIpc) is 2.28. The lowest BCUT2D eigenvalue weighted by Gasteiger charge is -2.39. The van der Waals surface area contributed by atoms with Crippen LogP contribution in [0.25, 0.3) is 0 Å². The van der Waals surface area contributed by atoms with Gasteiger partial charge in [-0.2, -0.15) is 0 Å². The zero-order valence-corrected chi connectivity index (χ0v) is 11.5. The van der Waals surface area contributed by atoms with Crippen LogP contribution in [0.5, 0.6) is 0 Å². The average molecular weight is 248 g/mol. The molecule has 18 heavy (non-hydrogen) atoms. The highest BCUT2D eigenvalue weighted by molar-refractivity contribution is 5.14. The second kappa shape index (κ2) is 5.83. The summed E-state index contributed by atoms with van der Waals surface area (Å²) >= 11 is 0. The smallest absolute Gasteiger partial charge is 0.0900 e. The fourth-order valence-electron chi connectivity index (χ4n) is 2.92. The van der Waals surface area contributed by atoms with Gasteiger partial charge in [0.1, 0.15) is 0 Å². The van der Waals surface area contributed by atoms with E-state index in [9.17, 15) is 5.11 Å². The van der Waals surface area contributed by atoms with E-state index < -0.39 is 5.60 Å². The minimum atomic E-state index is -0.545. The Bertz CT molecular complexity index is 368. The van der Waals surface area contributed by atoms with Crippen molar-refractivity contribution in [3.8, 4) is 0 Å². The van der Waals surface area contributed by atoms with Gasteiger partial charge in [-0.25, -0.2) is 0 Å². The number of nitrogens with zero attached hydrogens (tertiary/aromatic N) is 2. The molecule has 0 aliphatic carbocycles. The number of likely N-dealkylation sites (N-methyl/N-ethyl adjacent to an activating group) is 2. The molecule has 0 bridgehead atoms. The number of aliphatic hydroxyl groups is 1. The molecule has 1 aromatic rings. The summed E-state index contributed by atoms with van der Waals surface area (Å²) in [6, 6.07) is 10.4. The van der Waals surface area contributed by atoms with Crippen LogP contribution in [-0.2, 0) is 6.54 Å². The van der Waals surface area contributed by atoms with Crippen molar-refractivity contribution in [1.82, 2.24) is 9.80 Å². The van der Waals surface area contributed by atoms with Crippen molar-refractivity contribution in [1.29, 1.82) is 0 Å². The number of hydrogen-bond acceptors (Lipinski definition) is 3. The molecule has 3 heteroatoms. The molecule has 0 spiro atoms. The minimum Gasteiger partial charge on any atom is -0.387 e. The van der Waals surface area contributed by atoms with Crippen molar-refractivity contribution in [2.24, 2.45) is 0 Å². The maximum absolute atomic E-state index is 10.6. The molecule has 0 radical (unpaired) electrons. The van der Waals surface area contributed by atoms with E-state index in [0.717, 1.165) is 39.0 Å². The van der Waals surface area contributed by atoms with Crippen molar-refractivity contribution in [2.45, 2.75) is 25.0 Å². The Morgan fingerprint density at radius 3 is 2.72 bits per heavy atom. The molecule has 1 heterocycles. The summed E-state index contributed by atoms with van der Waals surface area (Å²) in [5.41, 5.74) is 0.754. The highest BCUT2D eigenvalue weighted by atomic mass is 16.3. The van der Waals surface area contributed by atoms with Gasteiger partial charge in [0.25, 0.3) is 0 Å². The van der Waals surface area contributed by atoms with Gasteiger partial charge < -0.3 is 10.0 Å². The van der Waals surface area contributed by atoms with Crippen LogP contribution in [0.3, 0.4) is 0 Å². The fraction of sp³-hybridized carbons (Fsp3) is 0.600. The molecule has 1 saturated heterocycles. The summed E-state index contributed by atoms with van der Waals surface area (Å²) in [6.45, 7) is 3.52. The molecule has 0 amide bonds. The third-order valence-electron chi connectivity index (χ3n) is 3.61. The lowest BCUT2D eigenvalue weighted by Crippen LogP contribution is -2.52. The number of β-amino-alcohol motifs (C(OH)–C–C–N with tert-alkyl or cyclic N) is 1. The van der Waals surface area contributed by atoms with Crippen molar-refractivity contribution < 1.29 is 5.11 Å². The molecule has 1 aromatic carbocycles. The van der Waals surface area contributed by atoms with Gasteiger partial charge in [0.05, 0.1) is 5.60 Å². The van der Waals surface area contributed by atoms with Gasteiger partial charge >= 0.3 is 0 Å². The van der Waals surface area contributed by atoms with Crippen LogP contribution in [-0.4, -0.2) is 54.2 Å². The van der Waals surface area contributed by atoms with E-state index in [1.165, 1.54) is 5.56 Å². The SMILES string of the molecule is CN1CCCC(O)(CN(C)Cc2ccccc2)C1. The fourth-order valence-corrected chi connectivity index (χ4v) is 2.92. The molecule has 3 nitrogen and oxygen atoms in total. The van der Waals surface area contributed by atoms with E-state index in [1.807, 2.05) is 6.07 Å². The Labute approximate surface area is 110 Å². The van der Waals surface area contributed by atoms with Crippen LogP contribution in [0.15, 0.2) is 30.3 Å². The molecule has 1 aliphatic heterocycles. The predicted octanol–water partition coefficient (Wildman–Crippen LogP) is 1.58. The first-order valence-corrected chi connectivity index (χ1v) is 6.71. The molecule has 1 fully saturated rings. The predicted molar refractivity (Wildman–Crippen MR) is 74.5 cm³/mol. The normalized spacial score (nSPS) is 25.6. The zero-order valence-electron chi connectivity index (χ0n) is 11.5. The van der Waals surface area contributed by atoms with Crippen LogP contribution < -0.4 is 0 Å². The van der Waals surface area contributed by atoms with Gasteiger partial charge in [0.2, 0.25) is 0 Å². The lowest BCUT2D eigenvalue weighted by atomic mass is 9.92. The first kappa shape index (κ1) is 13.5. The topological polar surface area (TPSA) is 26.7 Å². The molecule has 1 aliphatic rings. The third-order valence-corrected chi connectivity index (χ3v) is 3.61.